The molecule has 0 bridgehead atoms. The number of esters is 1. The molecule has 1 N–H and O–H groups in total. The standard InChI is InChI=1S/C28H57NO3/c1-4-6-8-10-12-17-21-25-32-28(31)22-18-14-13-16-20-24-29(26-27(3)30)23-19-15-11-9-7-5-2/h27,30H,4-26H2,1-3H3/t27-/m1/s1. The molecule has 0 radical (unpaired) electrons. The average Bonchev–Trinajstić information content (AvgIpc) is 2.76. The number of carbonyl (C=O) groups excluding carboxylic acids is 1. The maximum atomic E-state index is 11.8. The smallest absolute Gasteiger partial charge is 0.305 e. The molecule has 0 aliphatic rings. The van der Waals surface area contributed by atoms with Crippen LogP contribution < -0.4 is 0 Å². The Morgan fingerprint density at radius 2 is 1.12 bits per heavy atom. The molecular weight excluding hydrogens is 398 g/mol. The van der Waals surface area contributed by atoms with Crippen molar-refractivity contribution in [3.63, 3.8) is 0 Å². The number of ether oxygens (including phenoxy) is 1. The van der Waals surface area contributed by atoms with E-state index in [9.17, 15) is 9.90 Å². The minimum Gasteiger partial charge on any atom is -0.466 e. The van der Waals surface area contributed by atoms with Gasteiger partial charge < -0.3 is 14.7 Å². The Hall–Kier alpha value is -0.610. The van der Waals surface area contributed by atoms with Crippen molar-refractivity contribution >= 4 is 5.97 Å². The Balaban J connectivity index is 3.57. The minimum atomic E-state index is -0.248. The first kappa shape index (κ1) is 31.4. The molecule has 4 nitrogen and oxygen atoms in total. The quantitative estimate of drug-likeness (QED) is 0.113. The molecule has 0 rings (SSSR count). The molecule has 0 aromatic carbocycles. The van der Waals surface area contributed by atoms with Crippen LogP contribution in [0.3, 0.4) is 0 Å². The summed E-state index contributed by atoms with van der Waals surface area (Å²) in [5, 5.41) is 9.77. The molecule has 0 aliphatic carbocycles. The number of aliphatic hydroxyl groups is 1. The lowest BCUT2D eigenvalue weighted by atomic mass is 10.1. The van der Waals surface area contributed by atoms with Gasteiger partial charge in [0.05, 0.1) is 12.7 Å². The fourth-order valence-corrected chi connectivity index (χ4v) is 4.24. The molecule has 0 aliphatic heterocycles. The summed E-state index contributed by atoms with van der Waals surface area (Å²) in [7, 11) is 0. The fourth-order valence-electron chi connectivity index (χ4n) is 4.24. The summed E-state index contributed by atoms with van der Waals surface area (Å²) < 4.78 is 5.36. The normalized spacial score (nSPS) is 12.4. The van der Waals surface area contributed by atoms with Crippen molar-refractivity contribution in [2.24, 2.45) is 0 Å². The molecule has 0 saturated heterocycles. The molecule has 0 heterocycles. The lowest BCUT2D eigenvalue weighted by Gasteiger charge is -2.23. The van der Waals surface area contributed by atoms with Gasteiger partial charge in [-0.2, -0.15) is 0 Å². The molecule has 0 amide bonds. The van der Waals surface area contributed by atoms with Crippen LogP contribution >= 0.6 is 0 Å². The van der Waals surface area contributed by atoms with E-state index >= 15 is 0 Å². The van der Waals surface area contributed by atoms with Gasteiger partial charge >= 0.3 is 5.97 Å². The highest BCUT2D eigenvalue weighted by Crippen LogP contribution is 2.11. The highest BCUT2D eigenvalue weighted by molar-refractivity contribution is 5.69. The van der Waals surface area contributed by atoms with Crippen LogP contribution in [-0.4, -0.2) is 48.3 Å². The zero-order valence-electron chi connectivity index (χ0n) is 22.1. The number of aliphatic hydroxyl groups excluding tert-OH is 1. The Morgan fingerprint density at radius 3 is 1.62 bits per heavy atom. The third-order valence-corrected chi connectivity index (χ3v) is 6.22. The van der Waals surface area contributed by atoms with E-state index in [1.807, 2.05) is 6.92 Å². The largest absolute Gasteiger partial charge is 0.466 e. The van der Waals surface area contributed by atoms with Crippen molar-refractivity contribution in [2.75, 3.05) is 26.2 Å². The third-order valence-electron chi connectivity index (χ3n) is 6.22. The number of rotatable bonds is 25. The number of nitrogens with zero attached hydrogens (tertiary/aromatic N) is 1. The summed E-state index contributed by atoms with van der Waals surface area (Å²) in [6, 6.07) is 0. The molecule has 0 unspecified atom stereocenters. The van der Waals surface area contributed by atoms with Crippen LogP contribution in [0.2, 0.25) is 0 Å². The SMILES string of the molecule is CCCCCCCCCOC(=O)CCCCCCCN(CCCCCCCC)C[C@@H](C)O. The lowest BCUT2D eigenvalue weighted by molar-refractivity contribution is -0.143. The topological polar surface area (TPSA) is 49.8 Å². The van der Waals surface area contributed by atoms with Crippen LogP contribution in [0.25, 0.3) is 0 Å². The van der Waals surface area contributed by atoms with Gasteiger partial charge in [-0.3, -0.25) is 4.79 Å². The molecule has 0 aromatic heterocycles. The summed E-state index contributed by atoms with van der Waals surface area (Å²) >= 11 is 0. The summed E-state index contributed by atoms with van der Waals surface area (Å²) in [5.74, 6) is -0.0157. The molecule has 32 heavy (non-hydrogen) atoms. The van der Waals surface area contributed by atoms with Crippen molar-refractivity contribution in [3.05, 3.63) is 0 Å². The maximum absolute atomic E-state index is 11.8. The molecule has 0 fully saturated rings. The van der Waals surface area contributed by atoms with E-state index in [1.165, 1.54) is 96.3 Å². The van der Waals surface area contributed by atoms with Crippen LogP contribution in [-0.2, 0) is 9.53 Å². The summed E-state index contributed by atoms with van der Waals surface area (Å²) in [6.45, 7) is 9.98. The van der Waals surface area contributed by atoms with Gasteiger partial charge in [0.2, 0.25) is 0 Å². The number of unbranched alkanes of at least 4 members (excludes halogenated alkanes) is 15. The van der Waals surface area contributed by atoms with Crippen LogP contribution in [0.4, 0.5) is 0 Å². The van der Waals surface area contributed by atoms with E-state index in [1.54, 1.807) is 0 Å². The van der Waals surface area contributed by atoms with E-state index < -0.39 is 0 Å². The van der Waals surface area contributed by atoms with Gasteiger partial charge in [0.15, 0.2) is 0 Å². The van der Waals surface area contributed by atoms with E-state index in [2.05, 4.69) is 18.7 Å². The fraction of sp³-hybridized carbons (Fsp3) is 0.964. The Morgan fingerprint density at radius 1 is 0.688 bits per heavy atom. The molecule has 1 atom stereocenters. The summed E-state index contributed by atoms with van der Waals surface area (Å²) in [4.78, 5) is 14.3. The van der Waals surface area contributed by atoms with Gasteiger partial charge in [0, 0.05) is 13.0 Å². The van der Waals surface area contributed by atoms with Gasteiger partial charge in [0.25, 0.3) is 0 Å². The highest BCUT2D eigenvalue weighted by Gasteiger charge is 2.08. The number of hydrogen-bond donors (Lipinski definition) is 1. The van der Waals surface area contributed by atoms with Crippen LogP contribution in [0.1, 0.15) is 143 Å². The molecule has 0 saturated carbocycles. The zero-order chi connectivity index (χ0) is 23.7. The zero-order valence-corrected chi connectivity index (χ0v) is 22.1. The number of hydrogen-bond acceptors (Lipinski definition) is 4. The monoisotopic (exact) mass is 455 g/mol. The maximum Gasteiger partial charge on any atom is 0.305 e. The van der Waals surface area contributed by atoms with Gasteiger partial charge in [-0.25, -0.2) is 0 Å². The molecule has 0 spiro atoms. The van der Waals surface area contributed by atoms with Crippen molar-refractivity contribution in [2.45, 2.75) is 149 Å². The highest BCUT2D eigenvalue weighted by atomic mass is 16.5. The van der Waals surface area contributed by atoms with Crippen LogP contribution in [0.5, 0.6) is 0 Å². The Kier molecular flexibility index (Phi) is 24.5. The van der Waals surface area contributed by atoms with Crippen molar-refractivity contribution in [1.29, 1.82) is 0 Å². The number of carbonyl (C=O) groups is 1. The second-order valence-electron chi connectivity index (χ2n) is 9.78. The van der Waals surface area contributed by atoms with Gasteiger partial charge in [-0.05, 0) is 45.7 Å². The molecule has 0 aromatic rings. The van der Waals surface area contributed by atoms with Gasteiger partial charge in [-0.1, -0.05) is 104 Å². The minimum absolute atomic E-state index is 0.0157. The van der Waals surface area contributed by atoms with Crippen molar-refractivity contribution in [1.82, 2.24) is 4.90 Å². The first-order chi connectivity index (χ1) is 15.6. The van der Waals surface area contributed by atoms with E-state index in [4.69, 9.17) is 4.74 Å². The van der Waals surface area contributed by atoms with Crippen molar-refractivity contribution in [3.8, 4) is 0 Å². The molecule has 192 valence electrons. The second kappa shape index (κ2) is 25.0. The van der Waals surface area contributed by atoms with E-state index in [0.29, 0.717) is 13.0 Å². The Labute approximate surface area is 200 Å². The summed E-state index contributed by atoms with van der Waals surface area (Å²) in [6.07, 6.45) is 22.6. The van der Waals surface area contributed by atoms with Crippen LogP contribution in [0, 0.1) is 0 Å². The lowest BCUT2D eigenvalue weighted by Crippen LogP contribution is -2.32. The van der Waals surface area contributed by atoms with Gasteiger partial charge in [0.1, 0.15) is 0 Å². The first-order valence-corrected chi connectivity index (χ1v) is 14.2. The van der Waals surface area contributed by atoms with Crippen molar-refractivity contribution < 1.29 is 14.6 Å². The summed E-state index contributed by atoms with van der Waals surface area (Å²) in [5.41, 5.74) is 0. The second-order valence-corrected chi connectivity index (χ2v) is 9.78. The predicted octanol–water partition coefficient (Wildman–Crippen LogP) is 7.66. The van der Waals surface area contributed by atoms with Crippen LogP contribution in [0.15, 0.2) is 0 Å². The van der Waals surface area contributed by atoms with Gasteiger partial charge in [-0.15, -0.1) is 0 Å². The molecule has 4 heteroatoms. The third kappa shape index (κ3) is 24.0. The predicted molar refractivity (Wildman–Crippen MR) is 138 cm³/mol. The van der Waals surface area contributed by atoms with E-state index in [0.717, 1.165) is 38.9 Å². The average molecular weight is 456 g/mol. The van der Waals surface area contributed by atoms with E-state index in [-0.39, 0.29) is 12.1 Å². The molecular formula is C28H57NO3. The Bertz CT molecular complexity index is 387. The first-order valence-electron chi connectivity index (χ1n) is 14.2.